The number of hydrogen-bond donors (Lipinski definition) is 1. The lowest BCUT2D eigenvalue weighted by Crippen LogP contribution is -2.44. The molecule has 0 aromatic rings. The van der Waals surface area contributed by atoms with E-state index in [4.69, 9.17) is 4.74 Å². The molecule has 0 radical (unpaired) electrons. The Hall–Kier alpha value is -1.26. The molecule has 0 aliphatic heterocycles. The van der Waals surface area contributed by atoms with Gasteiger partial charge in [0.25, 0.3) is 0 Å². The summed E-state index contributed by atoms with van der Waals surface area (Å²) in [6.07, 6.45) is 5.22. The van der Waals surface area contributed by atoms with Gasteiger partial charge in [0.05, 0.1) is 0 Å². The highest BCUT2D eigenvalue weighted by Gasteiger charge is 2.22. The van der Waals surface area contributed by atoms with Gasteiger partial charge in [-0.2, -0.15) is 0 Å². The van der Waals surface area contributed by atoms with Gasteiger partial charge in [0, 0.05) is 13.1 Å². The number of nitrogens with one attached hydrogen (secondary N) is 1. The third-order valence-corrected chi connectivity index (χ3v) is 3.06. The summed E-state index contributed by atoms with van der Waals surface area (Å²) in [5.41, 5.74) is -0.537. The standard InChI is InChI=1S/C14H26N2O3/c1-14(2,3)19-13(18)16(4)10-12(17)15-11-8-6-5-7-9-11/h11H,5-10H2,1-4H3,(H,15,17). The molecule has 0 aromatic carbocycles. The predicted molar refractivity (Wildman–Crippen MR) is 73.9 cm³/mol. The summed E-state index contributed by atoms with van der Waals surface area (Å²) in [6.45, 7) is 5.47. The summed E-state index contributed by atoms with van der Waals surface area (Å²) in [5.74, 6) is -0.111. The number of carbonyl (C=O) groups is 2. The summed E-state index contributed by atoms with van der Waals surface area (Å²) in [6, 6.07) is 0.272. The average Bonchev–Trinajstić information content (AvgIpc) is 2.27. The van der Waals surface area contributed by atoms with Crippen LogP contribution in [0.15, 0.2) is 0 Å². The number of rotatable bonds is 3. The highest BCUT2D eigenvalue weighted by atomic mass is 16.6. The van der Waals surface area contributed by atoms with E-state index in [9.17, 15) is 9.59 Å². The Bertz CT molecular complexity index is 317. The summed E-state index contributed by atoms with van der Waals surface area (Å²) in [7, 11) is 1.58. The Morgan fingerprint density at radius 3 is 2.32 bits per heavy atom. The molecule has 5 nitrogen and oxygen atoms in total. The van der Waals surface area contributed by atoms with Crippen molar-refractivity contribution in [2.45, 2.75) is 64.5 Å². The van der Waals surface area contributed by atoms with E-state index in [2.05, 4.69) is 5.32 Å². The fraction of sp³-hybridized carbons (Fsp3) is 0.857. The molecule has 1 aliphatic rings. The second-order valence-electron chi connectivity index (χ2n) is 6.24. The van der Waals surface area contributed by atoms with Crippen molar-refractivity contribution in [3.05, 3.63) is 0 Å². The SMILES string of the molecule is CN(CC(=O)NC1CCCCC1)C(=O)OC(C)(C)C. The zero-order chi connectivity index (χ0) is 14.5. The number of amides is 2. The van der Waals surface area contributed by atoms with Crippen molar-refractivity contribution in [3.8, 4) is 0 Å². The van der Waals surface area contributed by atoms with Gasteiger partial charge in [-0.3, -0.25) is 4.79 Å². The van der Waals surface area contributed by atoms with Crippen LogP contribution in [0.5, 0.6) is 0 Å². The summed E-state index contributed by atoms with van der Waals surface area (Å²) in [4.78, 5) is 24.9. The maximum atomic E-state index is 11.8. The summed E-state index contributed by atoms with van der Waals surface area (Å²) >= 11 is 0. The molecule has 1 N–H and O–H groups in total. The maximum Gasteiger partial charge on any atom is 0.410 e. The van der Waals surface area contributed by atoms with Crippen LogP contribution in [0.2, 0.25) is 0 Å². The van der Waals surface area contributed by atoms with E-state index >= 15 is 0 Å². The van der Waals surface area contributed by atoms with E-state index in [1.165, 1.54) is 24.2 Å². The van der Waals surface area contributed by atoms with E-state index < -0.39 is 11.7 Å². The number of carbonyl (C=O) groups excluding carboxylic acids is 2. The molecule has 0 spiro atoms. The first-order chi connectivity index (χ1) is 8.78. The topological polar surface area (TPSA) is 58.6 Å². The molecule has 1 aliphatic carbocycles. The van der Waals surface area contributed by atoms with Crippen molar-refractivity contribution in [1.82, 2.24) is 10.2 Å². The zero-order valence-corrected chi connectivity index (χ0v) is 12.5. The van der Waals surface area contributed by atoms with E-state index in [0.717, 1.165) is 12.8 Å². The van der Waals surface area contributed by atoms with Crippen molar-refractivity contribution in [1.29, 1.82) is 0 Å². The molecule has 0 unspecified atom stereocenters. The van der Waals surface area contributed by atoms with Gasteiger partial charge < -0.3 is 15.0 Å². The summed E-state index contributed by atoms with van der Waals surface area (Å²) in [5, 5.41) is 2.98. The quantitative estimate of drug-likeness (QED) is 0.856. The van der Waals surface area contributed by atoms with Crippen LogP contribution in [-0.2, 0) is 9.53 Å². The highest BCUT2D eigenvalue weighted by molar-refractivity contribution is 5.82. The Labute approximate surface area is 115 Å². The average molecular weight is 270 g/mol. The predicted octanol–water partition coefficient (Wildman–Crippen LogP) is 2.30. The van der Waals surface area contributed by atoms with Crippen LogP contribution in [0, 0.1) is 0 Å². The van der Waals surface area contributed by atoms with Crippen molar-refractivity contribution in [3.63, 3.8) is 0 Å². The van der Waals surface area contributed by atoms with Crippen LogP contribution in [0.3, 0.4) is 0 Å². The van der Waals surface area contributed by atoms with Gasteiger partial charge >= 0.3 is 6.09 Å². The van der Waals surface area contributed by atoms with Crippen molar-refractivity contribution in [2.24, 2.45) is 0 Å². The van der Waals surface area contributed by atoms with E-state index in [1.807, 2.05) is 0 Å². The molecule has 1 saturated carbocycles. The molecule has 1 fully saturated rings. The first kappa shape index (κ1) is 15.8. The van der Waals surface area contributed by atoms with Crippen LogP contribution in [0.4, 0.5) is 4.79 Å². The van der Waals surface area contributed by atoms with Crippen LogP contribution in [0.1, 0.15) is 52.9 Å². The molecular weight excluding hydrogens is 244 g/mol. The molecule has 0 bridgehead atoms. The number of nitrogens with zero attached hydrogens (tertiary/aromatic N) is 1. The van der Waals surface area contributed by atoms with Gasteiger partial charge in [0.15, 0.2) is 0 Å². The number of hydrogen-bond acceptors (Lipinski definition) is 3. The first-order valence-electron chi connectivity index (χ1n) is 7.01. The molecule has 0 heterocycles. The lowest BCUT2D eigenvalue weighted by Gasteiger charge is -2.26. The third kappa shape index (κ3) is 6.45. The highest BCUT2D eigenvalue weighted by Crippen LogP contribution is 2.17. The fourth-order valence-electron chi connectivity index (χ4n) is 2.14. The Balaban J connectivity index is 2.32. The minimum atomic E-state index is -0.537. The second-order valence-corrected chi connectivity index (χ2v) is 6.24. The van der Waals surface area contributed by atoms with Gasteiger partial charge in [0.2, 0.25) is 5.91 Å². The van der Waals surface area contributed by atoms with Gasteiger partial charge in [-0.05, 0) is 33.6 Å². The van der Waals surface area contributed by atoms with Gasteiger partial charge in [-0.1, -0.05) is 19.3 Å². The lowest BCUT2D eigenvalue weighted by atomic mass is 9.95. The van der Waals surface area contributed by atoms with Crippen molar-refractivity contribution >= 4 is 12.0 Å². The van der Waals surface area contributed by atoms with Crippen LogP contribution >= 0.6 is 0 Å². The molecule has 0 aromatic heterocycles. The van der Waals surface area contributed by atoms with E-state index in [0.29, 0.717) is 0 Å². The minimum Gasteiger partial charge on any atom is -0.444 e. The van der Waals surface area contributed by atoms with Gasteiger partial charge in [-0.15, -0.1) is 0 Å². The lowest BCUT2D eigenvalue weighted by molar-refractivity contribution is -0.122. The van der Waals surface area contributed by atoms with E-state index in [1.54, 1.807) is 27.8 Å². The zero-order valence-electron chi connectivity index (χ0n) is 12.5. The fourth-order valence-corrected chi connectivity index (χ4v) is 2.14. The molecule has 5 heteroatoms. The number of ether oxygens (including phenoxy) is 1. The molecule has 2 amide bonds. The van der Waals surface area contributed by atoms with Crippen molar-refractivity contribution in [2.75, 3.05) is 13.6 Å². The molecule has 110 valence electrons. The monoisotopic (exact) mass is 270 g/mol. The van der Waals surface area contributed by atoms with Gasteiger partial charge in [-0.25, -0.2) is 4.79 Å². The first-order valence-corrected chi connectivity index (χ1v) is 7.01. The van der Waals surface area contributed by atoms with E-state index in [-0.39, 0.29) is 18.5 Å². The molecule has 0 atom stereocenters. The number of likely N-dealkylation sites (N-methyl/N-ethyl adjacent to an activating group) is 1. The Morgan fingerprint density at radius 1 is 1.21 bits per heavy atom. The van der Waals surface area contributed by atoms with Crippen molar-refractivity contribution < 1.29 is 14.3 Å². The Morgan fingerprint density at radius 2 is 1.79 bits per heavy atom. The smallest absolute Gasteiger partial charge is 0.410 e. The molecular formula is C14H26N2O3. The summed E-state index contributed by atoms with van der Waals surface area (Å²) < 4.78 is 5.20. The van der Waals surface area contributed by atoms with Crippen LogP contribution in [-0.4, -0.2) is 42.1 Å². The normalized spacial score (nSPS) is 16.8. The molecule has 19 heavy (non-hydrogen) atoms. The molecule has 1 rings (SSSR count). The maximum absolute atomic E-state index is 11.8. The van der Waals surface area contributed by atoms with Gasteiger partial charge in [0.1, 0.15) is 12.1 Å². The van der Waals surface area contributed by atoms with Crippen LogP contribution in [0.25, 0.3) is 0 Å². The van der Waals surface area contributed by atoms with Crippen LogP contribution < -0.4 is 5.32 Å². The molecule has 0 saturated heterocycles. The largest absolute Gasteiger partial charge is 0.444 e. The Kier molecular flexibility index (Phi) is 5.63. The minimum absolute atomic E-state index is 0.0470. The third-order valence-electron chi connectivity index (χ3n) is 3.06. The second kappa shape index (κ2) is 6.78.